The summed E-state index contributed by atoms with van der Waals surface area (Å²) in [6.07, 6.45) is 4.71. The molecule has 29 heavy (non-hydrogen) atoms. The van der Waals surface area contributed by atoms with E-state index in [1.807, 2.05) is 24.3 Å². The van der Waals surface area contributed by atoms with Crippen LogP contribution in [-0.2, 0) is 9.47 Å². The normalized spacial score (nSPS) is 29.8. The lowest BCUT2D eigenvalue weighted by molar-refractivity contribution is -0.695. The van der Waals surface area contributed by atoms with Gasteiger partial charge in [0.15, 0.2) is 11.5 Å². The van der Waals surface area contributed by atoms with Crippen LogP contribution in [0.2, 0.25) is 0 Å². The van der Waals surface area contributed by atoms with Crippen LogP contribution in [0.25, 0.3) is 11.3 Å². The van der Waals surface area contributed by atoms with Gasteiger partial charge >= 0.3 is 0 Å². The molecule has 152 valence electrons. The van der Waals surface area contributed by atoms with E-state index in [1.54, 1.807) is 6.20 Å². The molecule has 6 rings (SSSR count). The van der Waals surface area contributed by atoms with Crippen LogP contribution >= 0.6 is 0 Å². The van der Waals surface area contributed by atoms with Gasteiger partial charge in [0.1, 0.15) is 24.9 Å². The summed E-state index contributed by atoms with van der Waals surface area (Å²) in [5, 5.41) is 5.85. The van der Waals surface area contributed by atoms with E-state index in [0.717, 1.165) is 35.3 Å². The lowest BCUT2D eigenvalue weighted by atomic mass is 10.1. The first-order chi connectivity index (χ1) is 14.3. The summed E-state index contributed by atoms with van der Waals surface area (Å²) in [6.45, 7) is 2.82. The minimum Gasteiger partial charge on any atom is -0.454 e. The molecule has 0 unspecified atom stereocenters. The molecule has 1 saturated carbocycles. The zero-order valence-corrected chi connectivity index (χ0v) is 16.1. The number of ether oxygens (including phenoxy) is 4. The second kappa shape index (κ2) is 7.12. The lowest BCUT2D eigenvalue weighted by Crippen LogP contribution is -2.93. The first-order valence-electron chi connectivity index (χ1n) is 10.4. The number of nitrogens with one attached hydrogen (secondary N) is 1. The number of quaternary nitrogens is 1. The van der Waals surface area contributed by atoms with Gasteiger partial charge in [0.2, 0.25) is 12.7 Å². The van der Waals surface area contributed by atoms with Gasteiger partial charge in [-0.2, -0.15) is 0 Å². The molecule has 3 fully saturated rings. The van der Waals surface area contributed by atoms with Gasteiger partial charge in [-0.25, -0.2) is 9.97 Å². The largest absolute Gasteiger partial charge is 0.454 e. The van der Waals surface area contributed by atoms with Crippen molar-refractivity contribution in [1.29, 1.82) is 0 Å². The van der Waals surface area contributed by atoms with Crippen LogP contribution in [-0.4, -0.2) is 60.8 Å². The third-order valence-electron chi connectivity index (χ3n) is 6.20. The number of benzene rings is 1. The zero-order chi connectivity index (χ0) is 19.2. The standard InChI is InChI=1S/C21H24N4O4/c1-2-12(1)8-23-15-9-26-20-16(10-27-19(15)20)25-21-22-6-5-14(24-21)13-3-4-17-18(7-13)29-11-28-17/h3-7,12,15-16,19-20,23H,1-2,8-11H2,(H,22,24,25)/p+1/t15-,16-,19+,20+/m0/s1. The van der Waals surface area contributed by atoms with Crippen LogP contribution < -0.4 is 20.1 Å². The molecule has 4 atom stereocenters. The maximum Gasteiger partial charge on any atom is 0.231 e. The highest BCUT2D eigenvalue weighted by molar-refractivity contribution is 5.65. The average molecular weight is 397 g/mol. The fourth-order valence-corrected chi connectivity index (χ4v) is 4.39. The molecule has 8 heteroatoms. The third-order valence-corrected chi connectivity index (χ3v) is 6.20. The lowest BCUT2D eigenvalue weighted by Gasteiger charge is -2.17. The molecule has 4 heterocycles. The van der Waals surface area contributed by atoms with Crippen molar-refractivity contribution in [3.63, 3.8) is 0 Å². The monoisotopic (exact) mass is 397 g/mol. The second-order valence-corrected chi connectivity index (χ2v) is 8.26. The molecule has 0 bridgehead atoms. The number of hydrogen-bond donors (Lipinski definition) is 2. The molecule has 3 aliphatic heterocycles. The van der Waals surface area contributed by atoms with Crippen LogP contribution in [0.5, 0.6) is 11.5 Å². The Morgan fingerprint density at radius 1 is 1.03 bits per heavy atom. The molecular formula is C21H25N4O4+. The molecule has 8 nitrogen and oxygen atoms in total. The molecule has 3 N–H and O–H groups in total. The Kier molecular flexibility index (Phi) is 4.28. The van der Waals surface area contributed by atoms with Gasteiger partial charge in [0, 0.05) is 17.7 Å². The molecule has 1 aromatic carbocycles. The van der Waals surface area contributed by atoms with E-state index in [2.05, 4.69) is 15.6 Å². The van der Waals surface area contributed by atoms with Gasteiger partial charge in [-0.3, -0.25) is 0 Å². The predicted molar refractivity (Wildman–Crippen MR) is 104 cm³/mol. The number of rotatable bonds is 6. The Bertz CT molecular complexity index is 906. The minimum atomic E-state index is 0.0493. The van der Waals surface area contributed by atoms with E-state index >= 15 is 0 Å². The number of nitrogens with zero attached hydrogens (tertiary/aromatic N) is 2. The summed E-state index contributed by atoms with van der Waals surface area (Å²) >= 11 is 0. The number of anilines is 1. The maximum atomic E-state index is 6.09. The van der Waals surface area contributed by atoms with Crippen LogP contribution in [0.4, 0.5) is 5.95 Å². The summed E-state index contributed by atoms with van der Waals surface area (Å²) in [6, 6.07) is 8.19. The van der Waals surface area contributed by atoms with E-state index in [0.29, 0.717) is 18.6 Å². The van der Waals surface area contributed by atoms with E-state index in [9.17, 15) is 0 Å². The van der Waals surface area contributed by atoms with Gasteiger partial charge < -0.3 is 29.6 Å². The maximum absolute atomic E-state index is 6.09. The first-order valence-corrected chi connectivity index (χ1v) is 10.4. The van der Waals surface area contributed by atoms with E-state index in [1.165, 1.54) is 19.4 Å². The Balaban J connectivity index is 1.14. The molecule has 0 radical (unpaired) electrons. The molecule has 0 spiro atoms. The van der Waals surface area contributed by atoms with Crippen molar-refractivity contribution in [1.82, 2.24) is 9.97 Å². The summed E-state index contributed by atoms with van der Waals surface area (Å²) in [7, 11) is 0. The predicted octanol–water partition coefficient (Wildman–Crippen LogP) is 0.792. The Labute approximate surface area is 168 Å². The van der Waals surface area contributed by atoms with Crippen LogP contribution in [0.15, 0.2) is 30.5 Å². The quantitative estimate of drug-likeness (QED) is 0.745. The van der Waals surface area contributed by atoms with E-state index in [4.69, 9.17) is 23.9 Å². The zero-order valence-electron chi connectivity index (χ0n) is 16.1. The Hall–Kier alpha value is -2.42. The number of nitrogens with two attached hydrogens (primary N) is 1. The number of fused-ring (bicyclic) bond motifs is 2. The molecule has 2 saturated heterocycles. The van der Waals surface area contributed by atoms with Gasteiger partial charge in [0.05, 0.1) is 24.9 Å². The van der Waals surface area contributed by atoms with Crippen LogP contribution in [0.3, 0.4) is 0 Å². The smallest absolute Gasteiger partial charge is 0.231 e. The van der Waals surface area contributed by atoms with Crippen molar-refractivity contribution < 1.29 is 24.3 Å². The molecule has 1 aliphatic carbocycles. The first kappa shape index (κ1) is 17.4. The van der Waals surface area contributed by atoms with E-state index < -0.39 is 0 Å². The molecular weight excluding hydrogens is 372 g/mol. The molecule has 1 aromatic heterocycles. The summed E-state index contributed by atoms with van der Waals surface area (Å²) in [5.41, 5.74) is 1.80. The third kappa shape index (κ3) is 3.41. The average Bonchev–Trinajstić information content (AvgIpc) is 3.13. The van der Waals surface area contributed by atoms with Crippen molar-refractivity contribution >= 4 is 5.95 Å². The fourth-order valence-electron chi connectivity index (χ4n) is 4.39. The highest BCUT2D eigenvalue weighted by Gasteiger charge is 2.50. The van der Waals surface area contributed by atoms with Crippen LogP contribution in [0, 0.1) is 5.92 Å². The molecule has 0 amide bonds. The van der Waals surface area contributed by atoms with Crippen molar-refractivity contribution in [2.75, 3.05) is 31.9 Å². The highest BCUT2D eigenvalue weighted by atomic mass is 16.7. The fraction of sp³-hybridized carbons (Fsp3) is 0.524. The van der Waals surface area contributed by atoms with Gasteiger partial charge in [-0.05, 0) is 37.1 Å². The molecule has 2 aromatic rings. The molecule has 4 aliphatic rings. The SMILES string of the molecule is c1cc(-c2ccc3c(c2)OCO3)nc(N[C@H]2CO[C@H]3[C@@H]2OC[C@@H]3[NH2+]CC2CC2)n1. The summed E-state index contributed by atoms with van der Waals surface area (Å²) in [5.74, 6) is 3.00. The van der Waals surface area contributed by atoms with Gasteiger partial charge in [0.25, 0.3) is 0 Å². The van der Waals surface area contributed by atoms with Crippen molar-refractivity contribution in [3.05, 3.63) is 30.5 Å². The Morgan fingerprint density at radius 2 is 1.93 bits per heavy atom. The number of aromatic nitrogens is 2. The van der Waals surface area contributed by atoms with Gasteiger partial charge in [-0.15, -0.1) is 0 Å². The highest BCUT2D eigenvalue weighted by Crippen LogP contribution is 2.35. The van der Waals surface area contributed by atoms with Crippen molar-refractivity contribution in [3.8, 4) is 22.8 Å². The Morgan fingerprint density at radius 3 is 2.86 bits per heavy atom. The van der Waals surface area contributed by atoms with Crippen molar-refractivity contribution in [2.24, 2.45) is 5.92 Å². The second-order valence-electron chi connectivity index (χ2n) is 8.26. The summed E-state index contributed by atoms with van der Waals surface area (Å²) in [4.78, 5) is 9.10. The summed E-state index contributed by atoms with van der Waals surface area (Å²) < 4.78 is 23.0. The minimum absolute atomic E-state index is 0.0493. The topological polar surface area (TPSA) is 91.3 Å². The van der Waals surface area contributed by atoms with Crippen molar-refractivity contribution in [2.45, 2.75) is 37.1 Å². The van der Waals surface area contributed by atoms with Gasteiger partial charge in [-0.1, -0.05) is 0 Å². The van der Waals surface area contributed by atoms with E-state index in [-0.39, 0.29) is 25.0 Å². The number of hydrogen-bond acceptors (Lipinski definition) is 7. The van der Waals surface area contributed by atoms with Crippen LogP contribution in [0.1, 0.15) is 12.8 Å².